The van der Waals surface area contributed by atoms with Crippen LogP contribution in [-0.4, -0.2) is 15.8 Å². The summed E-state index contributed by atoms with van der Waals surface area (Å²) in [5.74, 6) is 1.65. The summed E-state index contributed by atoms with van der Waals surface area (Å²) < 4.78 is 12.7. The van der Waals surface area contributed by atoms with Crippen LogP contribution in [-0.2, 0) is 10.8 Å². The molecule has 468 valence electrons. The summed E-state index contributed by atoms with van der Waals surface area (Å²) in [4.78, 5) is 5.10. The monoisotopic (exact) mass is 1260 g/mol. The third-order valence-electron chi connectivity index (χ3n) is 20.5. The first-order valence-corrected chi connectivity index (χ1v) is 34.3. The first-order valence-electron chi connectivity index (χ1n) is 34.3. The van der Waals surface area contributed by atoms with Crippen molar-refractivity contribution in [3.8, 4) is 67.4 Å². The summed E-state index contributed by atoms with van der Waals surface area (Å²) in [6, 6.07) is 120. The van der Waals surface area contributed by atoms with Crippen LogP contribution in [0.15, 0.2) is 322 Å². The average molecular weight is 1260 g/mol. The highest BCUT2D eigenvalue weighted by atomic mass is 16.5. The molecular weight excluding hydrogens is 1190 g/mol. The summed E-state index contributed by atoms with van der Waals surface area (Å²) in [6.07, 6.45) is 0. The fourth-order valence-corrected chi connectivity index (χ4v) is 15.8. The Balaban J connectivity index is 1.01. The number of aromatic nitrogens is 2. The van der Waals surface area contributed by atoms with E-state index in [1.807, 2.05) is 0 Å². The van der Waals surface area contributed by atoms with Gasteiger partial charge >= 0.3 is 0 Å². The third-order valence-corrected chi connectivity index (χ3v) is 20.5. The fraction of sp³-hybridized carbons (Fsp3) is 0.0870. The molecule has 14 aromatic carbocycles. The van der Waals surface area contributed by atoms with Crippen molar-refractivity contribution >= 4 is 101 Å². The van der Waals surface area contributed by atoms with Crippen molar-refractivity contribution in [2.75, 3.05) is 9.80 Å². The molecule has 0 saturated carbocycles. The minimum absolute atomic E-state index is 0.0558. The normalized spacial score (nSPS) is 12.6. The maximum Gasteiger partial charge on any atom is 0.256 e. The Labute approximate surface area is 573 Å². The highest BCUT2D eigenvalue weighted by molar-refractivity contribution is 6.99. The zero-order valence-electron chi connectivity index (χ0n) is 55.9. The quantitative estimate of drug-likeness (QED) is 0.128. The highest BCUT2D eigenvalue weighted by Gasteiger charge is 2.44. The lowest BCUT2D eigenvalue weighted by Gasteiger charge is -2.42. The molecule has 0 aliphatic carbocycles. The Morgan fingerprint density at radius 1 is 0.316 bits per heavy atom. The number of ether oxygens (including phenoxy) is 1. The van der Waals surface area contributed by atoms with E-state index in [1.54, 1.807) is 0 Å². The van der Waals surface area contributed by atoms with E-state index < -0.39 is 0 Å². The van der Waals surface area contributed by atoms with Gasteiger partial charge in [0.25, 0.3) is 6.71 Å². The van der Waals surface area contributed by atoms with Gasteiger partial charge in [0.15, 0.2) is 0 Å². The van der Waals surface area contributed by atoms with E-state index in [0.717, 1.165) is 134 Å². The van der Waals surface area contributed by atoms with Gasteiger partial charge in [0, 0.05) is 84.0 Å². The molecule has 2 aliphatic rings. The van der Waals surface area contributed by atoms with Crippen molar-refractivity contribution in [1.29, 1.82) is 0 Å². The number of benzene rings is 14. The second-order valence-electron chi connectivity index (χ2n) is 28.4. The lowest BCUT2D eigenvalue weighted by Crippen LogP contribution is -2.59. The van der Waals surface area contributed by atoms with Crippen LogP contribution in [0.1, 0.15) is 52.7 Å². The second kappa shape index (κ2) is 22.9. The molecule has 0 saturated heterocycles. The largest absolute Gasteiger partial charge is 0.458 e. The van der Waals surface area contributed by atoms with Gasteiger partial charge in [0.05, 0.1) is 33.4 Å². The van der Waals surface area contributed by atoms with Gasteiger partial charge in [-0.15, -0.1) is 0 Å². The lowest BCUT2D eigenvalue weighted by molar-refractivity contribution is 0.488. The number of hydrogen-bond donors (Lipinski definition) is 0. The van der Waals surface area contributed by atoms with Crippen molar-refractivity contribution in [1.82, 2.24) is 9.13 Å². The number of hydrogen-bond acceptors (Lipinski definition) is 3. The van der Waals surface area contributed by atoms with Crippen molar-refractivity contribution in [2.45, 2.75) is 52.4 Å². The molecule has 0 unspecified atom stereocenters. The Morgan fingerprint density at radius 2 is 0.745 bits per heavy atom. The van der Waals surface area contributed by atoms with Crippen LogP contribution in [0.3, 0.4) is 0 Å². The Morgan fingerprint density at radius 3 is 1.24 bits per heavy atom. The zero-order chi connectivity index (χ0) is 66.0. The number of nitrogens with zero attached hydrogens (tertiary/aromatic N) is 4. The summed E-state index contributed by atoms with van der Waals surface area (Å²) in [6.45, 7) is 13.5. The van der Waals surface area contributed by atoms with E-state index in [2.05, 4.69) is 382 Å². The van der Waals surface area contributed by atoms with Crippen LogP contribution in [0.4, 0.5) is 34.1 Å². The van der Waals surface area contributed by atoms with E-state index in [0.29, 0.717) is 0 Å². The standard InChI is InChI=1S/C92H71BN4O/c1-91(2,3)64-46-50-68(51-47-64)94(69-52-48-65(49-53-69)92(4,5)6)70-58-84-87-86(59-70)98-85-57-63(61-28-13-8-14-29-61)45-55-80(85)93(87)79-54-44-62(60-26-11-7-12-27-60)56-83(79)97(84)90-77(75-38-23-36-73-71-34-19-21-42-81(71)95(88(73)75)66-30-15-9-16-31-66)40-25-41-78(90)76-39-24-37-74-72-35-20-22-43-82(72)96(89(74)76)67-32-17-10-18-33-67/h7-59H,1-6H3. The molecule has 2 aromatic heterocycles. The fourth-order valence-electron chi connectivity index (χ4n) is 15.8. The summed E-state index contributed by atoms with van der Waals surface area (Å²) in [5.41, 5.74) is 27.7. The Hall–Kier alpha value is -11.9. The molecule has 0 fully saturated rings. The molecular formula is C92H71BN4O. The average Bonchev–Trinajstić information content (AvgIpc) is 0.732. The first kappa shape index (κ1) is 58.7. The predicted octanol–water partition coefficient (Wildman–Crippen LogP) is 23.0. The molecule has 0 spiro atoms. The van der Waals surface area contributed by atoms with Crippen LogP contribution in [0.2, 0.25) is 0 Å². The molecule has 0 N–H and O–H groups in total. The van der Waals surface area contributed by atoms with Crippen LogP contribution < -0.4 is 30.9 Å². The van der Waals surface area contributed by atoms with E-state index in [-0.39, 0.29) is 17.5 Å². The Bertz CT molecular complexity index is 5550. The van der Waals surface area contributed by atoms with Gasteiger partial charge in [-0.3, -0.25) is 0 Å². The molecule has 2 aliphatic heterocycles. The van der Waals surface area contributed by atoms with Crippen molar-refractivity contribution < 1.29 is 4.74 Å². The van der Waals surface area contributed by atoms with E-state index in [1.165, 1.54) is 38.1 Å². The van der Waals surface area contributed by atoms with Gasteiger partial charge in [0.1, 0.15) is 11.5 Å². The molecule has 98 heavy (non-hydrogen) atoms. The summed E-state index contributed by atoms with van der Waals surface area (Å²) in [5, 5.41) is 4.75. The maximum atomic E-state index is 7.75. The van der Waals surface area contributed by atoms with Crippen LogP contribution in [0.5, 0.6) is 11.5 Å². The van der Waals surface area contributed by atoms with Crippen molar-refractivity contribution in [3.05, 3.63) is 333 Å². The highest BCUT2D eigenvalue weighted by Crippen LogP contribution is 2.54. The van der Waals surface area contributed by atoms with Gasteiger partial charge in [-0.2, -0.15) is 0 Å². The lowest BCUT2D eigenvalue weighted by atomic mass is 9.34. The molecule has 0 atom stereocenters. The van der Waals surface area contributed by atoms with Crippen molar-refractivity contribution in [3.63, 3.8) is 0 Å². The third kappa shape index (κ3) is 9.60. The molecule has 5 nitrogen and oxygen atoms in total. The molecule has 4 heterocycles. The topological polar surface area (TPSA) is 25.6 Å². The van der Waals surface area contributed by atoms with Gasteiger partial charge in [-0.1, -0.05) is 278 Å². The predicted molar refractivity (Wildman–Crippen MR) is 415 cm³/mol. The number of fused-ring (bicyclic) bond motifs is 10. The smallest absolute Gasteiger partial charge is 0.256 e. The number of rotatable bonds is 10. The zero-order valence-corrected chi connectivity index (χ0v) is 55.9. The minimum atomic E-state index is -0.229. The van der Waals surface area contributed by atoms with Crippen molar-refractivity contribution in [2.24, 2.45) is 0 Å². The minimum Gasteiger partial charge on any atom is -0.458 e. The summed E-state index contributed by atoms with van der Waals surface area (Å²) in [7, 11) is 0. The second-order valence-corrected chi connectivity index (χ2v) is 28.4. The molecule has 6 heteroatoms. The molecule has 0 amide bonds. The van der Waals surface area contributed by atoms with Gasteiger partial charge in [-0.25, -0.2) is 0 Å². The molecule has 0 radical (unpaired) electrons. The van der Waals surface area contributed by atoms with Crippen LogP contribution in [0.25, 0.3) is 99.5 Å². The number of para-hydroxylation sites is 7. The molecule has 16 aromatic rings. The SMILES string of the molecule is CC(C)(C)c1ccc(N(c2ccc(C(C)(C)C)cc2)c2cc3c4c(c2)N(c2c(-c5cccc6c7ccccc7n(-c7ccccc7)c56)cccc2-c2cccc5c6ccccc6n(-c6ccccc6)c25)c2cc(-c5ccccc5)ccc2B4c2ccc(-c4ccccc4)cc2O3)cc1. The van der Waals surface area contributed by atoms with Gasteiger partial charge < -0.3 is 23.7 Å². The summed E-state index contributed by atoms with van der Waals surface area (Å²) >= 11 is 0. The van der Waals surface area contributed by atoms with Gasteiger partial charge in [-0.05, 0) is 139 Å². The van der Waals surface area contributed by atoms with Crippen LogP contribution >= 0.6 is 0 Å². The Kier molecular flexibility index (Phi) is 13.7. The number of anilines is 6. The van der Waals surface area contributed by atoms with Gasteiger partial charge in [0.2, 0.25) is 0 Å². The first-order chi connectivity index (χ1) is 47.9. The van der Waals surface area contributed by atoms with E-state index in [4.69, 9.17) is 4.74 Å². The molecule has 0 bridgehead atoms. The maximum absolute atomic E-state index is 7.75. The van der Waals surface area contributed by atoms with E-state index >= 15 is 0 Å². The molecule has 18 rings (SSSR count). The van der Waals surface area contributed by atoms with E-state index in [9.17, 15) is 0 Å². The van der Waals surface area contributed by atoms with Crippen LogP contribution in [0, 0.1) is 0 Å².